The van der Waals surface area contributed by atoms with E-state index in [1.165, 1.54) is 7.11 Å². The fourth-order valence-electron chi connectivity index (χ4n) is 2.44. The summed E-state index contributed by atoms with van der Waals surface area (Å²) in [5.74, 6) is 0.215. The van der Waals surface area contributed by atoms with E-state index in [2.05, 4.69) is 10.1 Å². The van der Waals surface area contributed by atoms with Crippen LogP contribution in [0, 0.1) is 0 Å². The number of nitrogens with one attached hydrogen (secondary N) is 1. The van der Waals surface area contributed by atoms with Crippen LogP contribution >= 0.6 is 0 Å². The first-order chi connectivity index (χ1) is 11.7. The van der Waals surface area contributed by atoms with Gasteiger partial charge in [-0.2, -0.15) is 0 Å². The van der Waals surface area contributed by atoms with Crippen LogP contribution in [0.1, 0.15) is 26.5 Å². The third-order valence-corrected chi connectivity index (χ3v) is 3.70. The first-order valence-electron chi connectivity index (χ1n) is 7.61. The van der Waals surface area contributed by atoms with Gasteiger partial charge in [0.1, 0.15) is 11.3 Å². The third-order valence-electron chi connectivity index (χ3n) is 3.70. The quantitative estimate of drug-likeness (QED) is 0.732. The maximum atomic E-state index is 12.1. The third kappa shape index (κ3) is 3.46. The highest BCUT2D eigenvalue weighted by Gasteiger charge is 2.09. The summed E-state index contributed by atoms with van der Waals surface area (Å²) >= 11 is 0. The summed E-state index contributed by atoms with van der Waals surface area (Å²) < 4.78 is 10.3. The van der Waals surface area contributed by atoms with Gasteiger partial charge in [-0.15, -0.1) is 0 Å². The molecular weight excluding hydrogens is 306 g/mol. The van der Waals surface area contributed by atoms with Crippen LogP contribution in [0.3, 0.4) is 0 Å². The number of methoxy groups -OCH3 is 1. The van der Waals surface area contributed by atoms with Gasteiger partial charge in [0.05, 0.1) is 12.7 Å². The second kappa shape index (κ2) is 7.00. The van der Waals surface area contributed by atoms with E-state index in [1.54, 1.807) is 24.3 Å². The average molecular weight is 323 g/mol. The molecule has 0 aliphatic carbocycles. The Bertz CT molecular complexity index is 831. The van der Waals surface area contributed by atoms with Crippen molar-refractivity contribution in [3.8, 4) is 0 Å². The molecule has 0 aliphatic rings. The molecule has 5 heteroatoms. The lowest BCUT2D eigenvalue weighted by molar-refractivity contribution is 0.0600. The molecular formula is C19H17NO4. The molecule has 122 valence electrons. The monoisotopic (exact) mass is 323 g/mol. The van der Waals surface area contributed by atoms with Gasteiger partial charge in [0.2, 0.25) is 0 Å². The number of carbonyl (C=O) groups excluding carboxylic acids is 2. The Morgan fingerprint density at radius 3 is 2.46 bits per heavy atom. The van der Waals surface area contributed by atoms with E-state index in [4.69, 9.17) is 4.42 Å². The highest BCUT2D eigenvalue weighted by atomic mass is 16.5. The average Bonchev–Trinajstić information content (AvgIpc) is 3.03. The minimum Gasteiger partial charge on any atom is -0.465 e. The van der Waals surface area contributed by atoms with E-state index in [9.17, 15) is 9.59 Å². The maximum Gasteiger partial charge on any atom is 0.337 e. The predicted molar refractivity (Wildman–Crippen MR) is 90.0 cm³/mol. The molecule has 1 amide bonds. The SMILES string of the molecule is COC(=O)c1ccc(C(=O)NCCc2cc3ccccc3o2)cc1. The Morgan fingerprint density at radius 1 is 1.04 bits per heavy atom. The van der Waals surface area contributed by atoms with Crippen LogP contribution in [0.4, 0.5) is 0 Å². The first kappa shape index (κ1) is 15.8. The van der Waals surface area contributed by atoms with Crippen molar-refractivity contribution < 1.29 is 18.7 Å². The molecule has 1 heterocycles. The van der Waals surface area contributed by atoms with Crippen LogP contribution in [-0.4, -0.2) is 25.5 Å². The Kier molecular flexibility index (Phi) is 4.61. The van der Waals surface area contributed by atoms with Gasteiger partial charge in [-0.1, -0.05) is 18.2 Å². The van der Waals surface area contributed by atoms with Gasteiger partial charge in [-0.05, 0) is 36.4 Å². The zero-order valence-electron chi connectivity index (χ0n) is 13.2. The Hall–Kier alpha value is -3.08. The number of hydrogen-bond acceptors (Lipinski definition) is 4. The van der Waals surface area contributed by atoms with Crippen molar-refractivity contribution in [3.63, 3.8) is 0 Å². The highest BCUT2D eigenvalue weighted by Crippen LogP contribution is 2.18. The van der Waals surface area contributed by atoms with Crippen LogP contribution in [0.15, 0.2) is 59.0 Å². The number of ether oxygens (including phenoxy) is 1. The van der Waals surface area contributed by atoms with E-state index < -0.39 is 5.97 Å². The molecule has 0 aliphatic heterocycles. The number of esters is 1. The molecule has 5 nitrogen and oxygen atoms in total. The zero-order chi connectivity index (χ0) is 16.9. The molecule has 1 aromatic heterocycles. The number of para-hydroxylation sites is 1. The number of amides is 1. The molecule has 2 aromatic carbocycles. The number of carbonyl (C=O) groups is 2. The molecule has 1 N–H and O–H groups in total. The summed E-state index contributed by atoms with van der Waals surface area (Å²) in [5.41, 5.74) is 1.75. The zero-order valence-corrected chi connectivity index (χ0v) is 13.2. The van der Waals surface area contributed by atoms with Crippen molar-refractivity contribution in [1.29, 1.82) is 0 Å². The molecule has 0 saturated carbocycles. The number of rotatable bonds is 5. The second-order valence-corrected chi connectivity index (χ2v) is 5.33. The molecule has 0 atom stereocenters. The number of fused-ring (bicyclic) bond motifs is 1. The van der Waals surface area contributed by atoms with E-state index in [0.29, 0.717) is 24.1 Å². The summed E-state index contributed by atoms with van der Waals surface area (Å²) in [6, 6.07) is 16.1. The van der Waals surface area contributed by atoms with E-state index in [0.717, 1.165) is 16.7 Å². The van der Waals surface area contributed by atoms with Gasteiger partial charge >= 0.3 is 5.97 Å². The highest BCUT2D eigenvalue weighted by molar-refractivity contribution is 5.96. The van der Waals surface area contributed by atoms with Crippen LogP contribution in [0.2, 0.25) is 0 Å². The molecule has 3 rings (SSSR count). The van der Waals surface area contributed by atoms with Gasteiger partial charge < -0.3 is 14.5 Å². The van der Waals surface area contributed by atoms with Gasteiger partial charge in [-0.3, -0.25) is 4.79 Å². The van der Waals surface area contributed by atoms with Crippen molar-refractivity contribution in [1.82, 2.24) is 5.32 Å². The largest absolute Gasteiger partial charge is 0.465 e. The number of hydrogen-bond donors (Lipinski definition) is 1. The van der Waals surface area contributed by atoms with Crippen molar-refractivity contribution in [2.24, 2.45) is 0 Å². The molecule has 3 aromatic rings. The summed E-state index contributed by atoms with van der Waals surface area (Å²) in [6.07, 6.45) is 0.612. The van der Waals surface area contributed by atoms with Gasteiger partial charge in [0.15, 0.2) is 0 Å². The lowest BCUT2D eigenvalue weighted by Crippen LogP contribution is -2.25. The van der Waals surface area contributed by atoms with E-state index >= 15 is 0 Å². The van der Waals surface area contributed by atoms with Crippen LogP contribution in [-0.2, 0) is 11.2 Å². The topological polar surface area (TPSA) is 68.5 Å². The molecule has 0 fully saturated rings. The van der Waals surface area contributed by atoms with Crippen molar-refractivity contribution in [2.45, 2.75) is 6.42 Å². The lowest BCUT2D eigenvalue weighted by Gasteiger charge is -2.05. The maximum absolute atomic E-state index is 12.1. The normalized spacial score (nSPS) is 10.5. The number of benzene rings is 2. The standard InChI is InChI=1S/C19H17NO4/c1-23-19(22)14-8-6-13(7-9-14)18(21)20-11-10-16-12-15-4-2-3-5-17(15)24-16/h2-9,12H,10-11H2,1H3,(H,20,21). The predicted octanol–water partition coefficient (Wildman–Crippen LogP) is 3.19. The van der Waals surface area contributed by atoms with Crippen LogP contribution < -0.4 is 5.32 Å². The summed E-state index contributed by atoms with van der Waals surface area (Å²) in [6.45, 7) is 0.470. The summed E-state index contributed by atoms with van der Waals surface area (Å²) in [4.78, 5) is 23.5. The molecule has 24 heavy (non-hydrogen) atoms. The summed E-state index contributed by atoms with van der Waals surface area (Å²) in [7, 11) is 1.32. The van der Waals surface area contributed by atoms with Gasteiger partial charge in [0.25, 0.3) is 5.91 Å². The fraction of sp³-hybridized carbons (Fsp3) is 0.158. The van der Waals surface area contributed by atoms with Gasteiger partial charge in [-0.25, -0.2) is 4.79 Å². The van der Waals surface area contributed by atoms with Crippen molar-refractivity contribution >= 4 is 22.8 Å². The Balaban J connectivity index is 1.56. The number of furan rings is 1. The summed E-state index contributed by atoms with van der Waals surface area (Å²) in [5, 5.41) is 3.89. The molecule has 0 bridgehead atoms. The lowest BCUT2D eigenvalue weighted by atomic mass is 10.1. The van der Waals surface area contributed by atoms with Crippen molar-refractivity contribution in [3.05, 3.63) is 71.5 Å². The van der Waals surface area contributed by atoms with Crippen LogP contribution in [0.25, 0.3) is 11.0 Å². The molecule has 0 saturated heterocycles. The smallest absolute Gasteiger partial charge is 0.337 e. The Labute approximate surface area is 139 Å². The fourth-order valence-corrected chi connectivity index (χ4v) is 2.44. The van der Waals surface area contributed by atoms with E-state index in [-0.39, 0.29) is 5.91 Å². The minimum absolute atomic E-state index is 0.192. The molecule has 0 spiro atoms. The van der Waals surface area contributed by atoms with E-state index in [1.807, 2.05) is 30.3 Å². The van der Waals surface area contributed by atoms with Crippen LogP contribution in [0.5, 0.6) is 0 Å². The van der Waals surface area contributed by atoms with Crippen molar-refractivity contribution in [2.75, 3.05) is 13.7 Å². The van der Waals surface area contributed by atoms with Gasteiger partial charge in [0, 0.05) is 23.9 Å². The molecule has 0 unspecified atom stereocenters. The first-order valence-corrected chi connectivity index (χ1v) is 7.61. The minimum atomic E-state index is -0.424. The second-order valence-electron chi connectivity index (χ2n) is 5.33. The Morgan fingerprint density at radius 2 is 1.75 bits per heavy atom. The molecule has 0 radical (unpaired) electrons.